The van der Waals surface area contributed by atoms with E-state index in [4.69, 9.17) is 0 Å². The molecule has 2 rings (SSSR count). The summed E-state index contributed by atoms with van der Waals surface area (Å²) in [6.45, 7) is 4.05. The molecule has 0 bridgehead atoms. The number of benzene rings is 1. The molecule has 104 valence electrons. The topological polar surface area (TPSA) is 58.2 Å². The predicted octanol–water partition coefficient (Wildman–Crippen LogP) is 3.58. The fourth-order valence-corrected chi connectivity index (χ4v) is 2.56. The van der Waals surface area contributed by atoms with Gasteiger partial charge in [0.25, 0.3) is 0 Å². The van der Waals surface area contributed by atoms with Gasteiger partial charge in [-0.15, -0.1) is 11.3 Å². The molecule has 2 aromatic rings. The highest BCUT2D eigenvalue weighted by Crippen LogP contribution is 2.15. The van der Waals surface area contributed by atoms with Crippen LogP contribution < -0.4 is 10.6 Å². The molecule has 0 atom stereocenters. The number of ketones is 1. The number of hydrogen-bond donors (Lipinski definition) is 2. The largest absolute Gasteiger partial charge is 0.333 e. The smallest absolute Gasteiger partial charge is 0.319 e. The number of carbonyl (C=O) groups excluding carboxylic acids is 2. The van der Waals surface area contributed by atoms with Gasteiger partial charge in [0, 0.05) is 16.1 Å². The summed E-state index contributed by atoms with van der Waals surface area (Å²) in [6, 6.07) is 8.59. The Morgan fingerprint density at radius 1 is 1.15 bits per heavy atom. The number of anilines is 1. The summed E-state index contributed by atoms with van der Waals surface area (Å²) >= 11 is 1.62. The molecule has 0 aliphatic heterocycles. The van der Waals surface area contributed by atoms with Gasteiger partial charge in [0.05, 0.1) is 6.54 Å². The van der Waals surface area contributed by atoms with Gasteiger partial charge in [-0.25, -0.2) is 4.79 Å². The van der Waals surface area contributed by atoms with Crippen LogP contribution in [0.5, 0.6) is 0 Å². The van der Waals surface area contributed by atoms with Gasteiger partial charge >= 0.3 is 6.03 Å². The van der Waals surface area contributed by atoms with Crippen molar-refractivity contribution in [2.45, 2.75) is 20.4 Å². The SMILES string of the molecule is CC(=O)c1ccc(NC(=O)NCc2sccc2C)cc1. The standard InChI is InChI=1S/C15H16N2O2S/c1-10-7-8-20-14(10)9-16-15(19)17-13-5-3-12(4-6-13)11(2)18/h3-8H,9H2,1-2H3,(H2,16,17,19). The van der Waals surface area contributed by atoms with Crippen LogP contribution in [0.25, 0.3) is 0 Å². The van der Waals surface area contributed by atoms with Crippen LogP contribution in [0.2, 0.25) is 0 Å². The Morgan fingerprint density at radius 2 is 1.85 bits per heavy atom. The van der Waals surface area contributed by atoms with Crippen molar-refractivity contribution in [1.29, 1.82) is 0 Å². The van der Waals surface area contributed by atoms with Gasteiger partial charge < -0.3 is 10.6 Å². The molecule has 4 nitrogen and oxygen atoms in total. The van der Waals surface area contributed by atoms with Gasteiger partial charge in [-0.05, 0) is 55.1 Å². The number of aryl methyl sites for hydroxylation is 1. The van der Waals surface area contributed by atoms with Crippen LogP contribution in [0.1, 0.15) is 27.7 Å². The van der Waals surface area contributed by atoms with Crippen molar-refractivity contribution >= 4 is 28.8 Å². The quantitative estimate of drug-likeness (QED) is 0.845. The van der Waals surface area contributed by atoms with Crippen molar-refractivity contribution in [2.24, 2.45) is 0 Å². The first-order chi connectivity index (χ1) is 9.56. The molecule has 5 heteroatoms. The van der Waals surface area contributed by atoms with Crippen LogP contribution in [0.15, 0.2) is 35.7 Å². The van der Waals surface area contributed by atoms with Gasteiger partial charge in [-0.1, -0.05) is 0 Å². The monoisotopic (exact) mass is 288 g/mol. The molecule has 1 aromatic carbocycles. The van der Waals surface area contributed by atoms with E-state index in [0.29, 0.717) is 17.8 Å². The normalized spacial score (nSPS) is 10.1. The number of nitrogens with one attached hydrogen (secondary N) is 2. The predicted molar refractivity (Wildman–Crippen MR) is 81.4 cm³/mol. The Bertz CT molecular complexity index is 617. The number of Topliss-reactive ketones (excluding diaryl/α,β-unsaturated/α-hetero) is 1. The second-order valence-electron chi connectivity index (χ2n) is 4.47. The Labute approximate surface area is 121 Å². The molecule has 0 fully saturated rings. The number of amides is 2. The average molecular weight is 288 g/mol. The van der Waals surface area contributed by atoms with E-state index < -0.39 is 0 Å². The van der Waals surface area contributed by atoms with Crippen LogP contribution in [-0.2, 0) is 6.54 Å². The van der Waals surface area contributed by atoms with E-state index in [-0.39, 0.29) is 11.8 Å². The summed E-state index contributed by atoms with van der Waals surface area (Å²) in [5.41, 5.74) is 2.47. The van der Waals surface area contributed by atoms with Crippen molar-refractivity contribution in [3.8, 4) is 0 Å². The molecule has 0 radical (unpaired) electrons. The molecule has 20 heavy (non-hydrogen) atoms. The lowest BCUT2D eigenvalue weighted by Gasteiger charge is -2.07. The summed E-state index contributed by atoms with van der Waals surface area (Å²) in [7, 11) is 0. The van der Waals surface area contributed by atoms with E-state index in [9.17, 15) is 9.59 Å². The van der Waals surface area contributed by atoms with E-state index in [0.717, 1.165) is 4.88 Å². The lowest BCUT2D eigenvalue weighted by molar-refractivity contribution is 0.101. The minimum absolute atomic E-state index is 0.00849. The Balaban J connectivity index is 1.88. The average Bonchev–Trinajstić information content (AvgIpc) is 2.82. The highest BCUT2D eigenvalue weighted by Gasteiger charge is 2.05. The first-order valence-electron chi connectivity index (χ1n) is 6.25. The number of thiophene rings is 1. The summed E-state index contributed by atoms with van der Waals surface area (Å²) in [4.78, 5) is 24.0. The first kappa shape index (κ1) is 14.3. The van der Waals surface area contributed by atoms with Crippen molar-refractivity contribution in [3.63, 3.8) is 0 Å². The molecular formula is C15H16N2O2S. The molecule has 0 unspecified atom stereocenters. The van der Waals surface area contributed by atoms with Gasteiger partial charge in [0.2, 0.25) is 0 Å². The fourth-order valence-electron chi connectivity index (χ4n) is 1.71. The Morgan fingerprint density at radius 3 is 2.40 bits per heavy atom. The van der Waals surface area contributed by atoms with Crippen LogP contribution in [0.3, 0.4) is 0 Å². The zero-order valence-corrected chi connectivity index (χ0v) is 12.2. The zero-order valence-electron chi connectivity index (χ0n) is 11.4. The molecule has 0 spiro atoms. The van der Waals surface area contributed by atoms with Crippen molar-refractivity contribution in [3.05, 3.63) is 51.7 Å². The van der Waals surface area contributed by atoms with Crippen LogP contribution in [0.4, 0.5) is 10.5 Å². The second-order valence-corrected chi connectivity index (χ2v) is 5.47. The van der Waals surface area contributed by atoms with Gasteiger partial charge in [-0.2, -0.15) is 0 Å². The van der Waals surface area contributed by atoms with E-state index in [1.807, 2.05) is 18.4 Å². The first-order valence-corrected chi connectivity index (χ1v) is 7.13. The van der Waals surface area contributed by atoms with Crippen LogP contribution in [0, 0.1) is 6.92 Å². The lowest BCUT2D eigenvalue weighted by Crippen LogP contribution is -2.28. The van der Waals surface area contributed by atoms with E-state index in [1.54, 1.807) is 35.6 Å². The van der Waals surface area contributed by atoms with Crippen molar-refractivity contribution in [1.82, 2.24) is 5.32 Å². The third kappa shape index (κ3) is 3.68. The van der Waals surface area contributed by atoms with E-state index >= 15 is 0 Å². The third-order valence-electron chi connectivity index (χ3n) is 2.93. The number of rotatable bonds is 4. The summed E-state index contributed by atoms with van der Waals surface area (Å²) in [5.74, 6) is 0.00849. The van der Waals surface area contributed by atoms with Crippen LogP contribution >= 0.6 is 11.3 Å². The molecule has 0 aliphatic rings. The molecule has 0 saturated heterocycles. The van der Waals surface area contributed by atoms with E-state index in [2.05, 4.69) is 10.6 Å². The minimum Gasteiger partial charge on any atom is -0.333 e. The zero-order chi connectivity index (χ0) is 14.5. The molecule has 2 N–H and O–H groups in total. The molecular weight excluding hydrogens is 272 g/mol. The summed E-state index contributed by atoms with van der Waals surface area (Å²) < 4.78 is 0. The maximum atomic E-state index is 11.8. The van der Waals surface area contributed by atoms with Crippen molar-refractivity contribution < 1.29 is 9.59 Å². The second kappa shape index (κ2) is 6.34. The van der Waals surface area contributed by atoms with Gasteiger partial charge in [0.15, 0.2) is 5.78 Å². The Hall–Kier alpha value is -2.14. The molecule has 0 aliphatic carbocycles. The highest BCUT2D eigenvalue weighted by atomic mass is 32.1. The van der Waals surface area contributed by atoms with E-state index in [1.165, 1.54) is 12.5 Å². The number of hydrogen-bond acceptors (Lipinski definition) is 3. The molecule has 1 heterocycles. The maximum Gasteiger partial charge on any atom is 0.319 e. The molecule has 1 aromatic heterocycles. The summed E-state index contributed by atoms with van der Waals surface area (Å²) in [6.07, 6.45) is 0. The highest BCUT2D eigenvalue weighted by molar-refractivity contribution is 7.10. The molecule has 0 saturated carbocycles. The van der Waals surface area contributed by atoms with Gasteiger partial charge in [0.1, 0.15) is 0 Å². The lowest BCUT2D eigenvalue weighted by atomic mass is 10.1. The maximum absolute atomic E-state index is 11.8. The molecule has 2 amide bonds. The van der Waals surface area contributed by atoms with Crippen LogP contribution in [-0.4, -0.2) is 11.8 Å². The summed E-state index contributed by atoms with van der Waals surface area (Å²) in [5, 5.41) is 7.54. The number of urea groups is 1. The third-order valence-corrected chi connectivity index (χ3v) is 3.95. The minimum atomic E-state index is -0.256. The Kier molecular flexibility index (Phi) is 4.53. The fraction of sp³-hybridized carbons (Fsp3) is 0.200. The van der Waals surface area contributed by atoms with Crippen molar-refractivity contribution in [2.75, 3.05) is 5.32 Å². The number of carbonyl (C=O) groups is 2. The van der Waals surface area contributed by atoms with Gasteiger partial charge in [-0.3, -0.25) is 4.79 Å².